The van der Waals surface area contributed by atoms with Crippen molar-refractivity contribution >= 4 is 12.6 Å². The molecule has 32 valence electrons. The van der Waals surface area contributed by atoms with Gasteiger partial charge in [-0.15, -0.1) is 0 Å². The molecular weight excluding hydrogens is 201 g/mol. The van der Waals surface area contributed by atoms with Crippen LogP contribution in [0.1, 0.15) is 0 Å². The standard InChI is InChI=1S/CHNS.ClH.O.Zr/c2-1-3;;;/h3H;1H;;/q;;;+2/p-2. The van der Waals surface area contributed by atoms with E-state index in [0.717, 1.165) is 0 Å². The third-order valence-electron chi connectivity index (χ3n) is 0. The number of halogens is 1. The molecule has 0 N–H and O–H groups in total. The van der Waals surface area contributed by atoms with Crippen LogP contribution in [0, 0.1) is 10.7 Å². The van der Waals surface area contributed by atoms with Crippen LogP contribution in [0.3, 0.4) is 0 Å². The molecule has 0 saturated heterocycles. The number of hydrogen-bond acceptors (Lipinski definition) is 3. The minimum atomic E-state index is 0. The van der Waals surface area contributed by atoms with Crippen LogP contribution in [-0.2, 0) is 40.2 Å². The van der Waals surface area contributed by atoms with E-state index in [9.17, 15) is 0 Å². The van der Waals surface area contributed by atoms with Gasteiger partial charge in [-0.2, -0.15) is 0 Å². The second-order valence-corrected chi connectivity index (χ2v) is 0.274. The van der Waals surface area contributed by atoms with Crippen LogP contribution in [0.15, 0.2) is 0 Å². The molecule has 0 radical (unpaired) electrons. The topological polar surface area (TPSA) is 40.9 Å². The van der Waals surface area contributed by atoms with Gasteiger partial charge >= 0.3 is 27.5 Å². The number of rotatable bonds is 0. The number of thiocyanates is 1. The van der Waals surface area contributed by atoms with E-state index in [1.807, 2.05) is 0 Å². The van der Waals surface area contributed by atoms with Crippen molar-refractivity contribution in [1.29, 1.82) is 5.26 Å². The van der Waals surface area contributed by atoms with Gasteiger partial charge in [0.2, 0.25) is 0 Å². The first kappa shape index (κ1) is 15.9. The first-order valence-corrected chi connectivity index (χ1v) is 2.04. The molecule has 0 saturated carbocycles. The molecule has 0 spiro atoms. The molecule has 0 rings (SSSR count). The Morgan fingerprint density at radius 1 is 1.67 bits per heavy atom. The van der Waals surface area contributed by atoms with Crippen LogP contribution in [0.2, 0.25) is 0 Å². The predicted molar refractivity (Wildman–Crippen MR) is 13.7 cm³/mol. The van der Waals surface area contributed by atoms with E-state index in [4.69, 9.17) is 8.07 Å². The van der Waals surface area contributed by atoms with Crippen LogP contribution >= 0.6 is 0 Å². The summed E-state index contributed by atoms with van der Waals surface area (Å²) in [7, 11) is 0. The molecule has 0 aromatic carbocycles. The third-order valence-corrected chi connectivity index (χ3v) is 0. The van der Waals surface area contributed by atoms with E-state index in [-0.39, 0.29) is 12.4 Å². The predicted octanol–water partition coefficient (Wildman–Crippen LogP) is -3.10. The molecule has 0 heterocycles. The van der Waals surface area contributed by atoms with Gasteiger partial charge < -0.3 is 25.0 Å². The fourth-order valence-electron chi connectivity index (χ4n) is 0. The van der Waals surface area contributed by atoms with Gasteiger partial charge in [0, 0.05) is 0 Å². The fraction of sp³-hybridized carbons (Fsp3) is 0. The van der Waals surface area contributed by atoms with Crippen LogP contribution in [0.25, 0.3) is 0 Å². The summed E-state index contributed by atoms with van der Waals surface area (Å²) in [5.41, 5.74) is 0. The maximum absolute atomic E-state index is 8.34. The summed E-state index contributed by atoms with van der Waals surface area (Å²) in [6.07, 6.45) is 0. The summed E-state index contributed by atoms with van der Waals surface area (Å²) < 4.78 is 8.34. The van der Waals surface area contributed by atoms with Crippen molar-refractivity contribution in [3.63, 3.8) is 0 Å². The maximum atomic E-state index is 8.34. The molecule has 0 aliphatic carbocycles. The van der Waals surface area contributed by atoms with Crippen molar-refractivity contribution in [1.82, 2.24) is 0 Å². The molecule has 0 aromatic rings. The molecule has 0 unspecified atom stereocenters. The Bertz CT molecular complexity index is 45.3. The van der Waals surface area contributed by atoms with Crippen LogP contribution in [0.5, 0.6) is 0 Å². The van der Waals surface area contributed by atoms with Gasteiger partial charge in [0.15, 0.2) is 0 Å². The monoisotopic (exact) mass is 199 g/mol. The van der Waals surface area contributed by atoms with Gasteiger partial charge in [-0.3, -0.25) is 0 Å². The second kappa shape index (κ2) is 44.0. The number of nitrogens with zero attached hydrogens (tertiary/aromatic N) is 1. The molecule has 0 aliphatic rings. The Kier molecular flexibility index (Phi) is 117. The van der Waals surface area contributed by atoms with Crippen LogP contribution in [0.4, 0.5) is 0 Å². The number of nitriles is 1. The molecule has 5 heteroatoms. The first-order valence-electron chi connectivity index (χ1n) is 0.632. The Morgan fingerprint density at radius 2 is 1.67 bits per heavy atom. The Hall–Kier alpha value is 0.683. The Labute approximate surface area is 63.0 Å². The van der Waals surface area contributed by atoms with Crippen LogP contribution < -0.4 is 12.4 Å². The normalized spacial score (nSPS) is 2.17. The molecule has 0 bridgehead atoms. The van der Waals surface area contributed by atoms with Gasteiger partial charge in [0.1, 0.15) is 0 Å². The van der Waals surface area contributed by atoms with Crippen molar-refractivity contribution in [3.05, 3.63) is 0 Å². The van der Waals surface area contributed by atoms with Crippen molar-refractivity contribution in [2.45, 2.75) is 0 Å². The van der Waals surface area contributed by atoms with Crippen molar-refractivity contribution < 1.29 is 39.9 Å². The Balaban J connectivity index is -0.0000000275. The van der Waals surface area contributed by atoms with E-state index in [0.29, 0.717) is 24.7 Å². The summed E-state index contributed by atoms with van der Waals surface area (Å²) in [4.78, 5) is 0. The fourth-order valence-corrected chi connectivity index (χ4v) is 0. The minimum absolute atomic E-state index is 0. The molecule has 2 nitrogen and oxygen atoms in total. The SMILES string of the molecule is N#C[S-].[Cl-].[O]=[Zr+2]. The zero-order valence-electron chi connectivity index (χ0n) is 2.64. The molecular formula is CClNOSZr. The summed E-state index contributed by atoms with van der Waals surface area (Å²) >= 11 is 4.00. The zero-order valence-corrected chi connectivity index (χ0v) is 6.67. The van der Waals surface area contributed by atoms with E-state index in [2.05, 4.69) is 12.6 Å². The summed E-state index contributed by atoms with van der Waals surface area (Å²) in [6.45, 7) is 0. The third kappa shape index (κ3) is 136. The van der Waals surface area contributed by atoms with E-state index in [1.165, 1.54) is 5.40 Å². The number of hydrogen-bond donors (Lipinski definition) is 0. The molecule has 0 fully saturated rings. The zero-order chi connectivity index (χ0) is 4.71. The average Bonchev–Trinajstić information content (AvgIpc) is 1.46. The first-order chi connectivity index (χ1) is 2.41. The van der Waals surface area contributed by atoms with Crippen molar-refractivity contribution in [3.8, 4) is 5.40 Å². The van der Waals surface area contributed by atoms with Gasteiger partial charge in [-0.1, -0.05) is 5.40 Å². The summed E-state index contributed by atoms with van der Waals surface area (Å²) in [5, 5.41) is 8.47. The van der Waals surface area contributed by atoms with E-state index >= 15 is 0 Å². The van der Waals surface area contributed by atoms with Gasteiger partial charge in [0.05, 0.1) is 0 Å². The molecule has 0 atom stereocenters. The Morgan fingerprint density at radius 3 is 1.67 bits per heavy atom. The molecule has 0 aromatic heterocycles. The summed E-state index contributed by atoms with van der Waals surface area (Å²) in [6, 6.07) is 0. The van der Waals surface area contributed by atoms with Gasteiger partial charge in [0.25, 0.3) is 0 Å². The molecule has 0 amide bonds. The molecule has 6 heavy (non-hydrogen) atoms. The quantitative estimate of drug-likeness (QED) is 0.307. The molecule has 0 aliphatic heterocycles. The average molecular weight is 201 g/mol. The van der Waals surface area contributed by atoms with Crippen molar-refractivity contribution in [2.24, 2.45) is 0 Å². The van der Waals surface area contributed by atoms with Crippen molar-refractivity contribution in [2.75, 3.05) is 0 Å². The van der Waals surface area contributed by atoms with Crippen LogP contribution in [-0.4, -0.2) is 0 Å². The second-order valence-electron chi connectivity index (χ2n) is 0.0913. The van der Waals surface area contributed by atoms with E-state index in [1.54, 1.807) is 0 Å². The van der Waals surface area contributed by atoms with E-state index < -0.39 is 0 Å². The summed E-state index contributed by atoms with van der Waals surface area (Å²) in [5.74, 6) is 0. The van der Waals surface area contributed by atoms with Gasteiger partial charge in [-0.25, -0.2) is 5.26 Å². The van der Waals surface area contributed by atoms with Gasteiger partial charge in [-0.05, 0) is 0 Å².